The number of benzene rings is 1. The second-order valence-electron chi connectivity index (χ2n) is 4.92. The fourth-order valence-corrected chi connectivity index (χ4v) is 3.33. The molecule has 1 N–H and O–H groups in total. The SMILES string of the molecule is CCNC(c1cnc2ccsc2c1)c1ccccc1C. The fourth-order valence-electron chi connectivity index (χ4n) is 2.54. The summed E-state index contributed by atoms with van der Waals surface area (Å²) in [4.78, 5) is 4.57. The van der Waals surface area contributed by atoms with Crippen LogP contribution in [0.15, 0.2) is 48.0 Å². The molecule has 0 spiro atoms. The molecule has 20 heavy (non-hydrogen) atoms. The van der Waals surface area contributed by atoms with E-state index in [0.717, 1.165) is 12.1 Å². The highest BCUT2D eigenvalue weighted by Crippen LogP contribution is 2.28. The summed E-state index contributed by atoms with van der Waals surface area (Å²) in [6.07, 6.45) is 1.99. The Kier molecular flexibility index (Phi) is 3.81. The van der Waals surface area contributed by atoms with E-state index in [2.05, 4.69) is 65.9 Å². The molecule has 3 heteroatoms. The van der Waals surface area contributed by atoms with Crippen LogP contribution in [0, 0.1) is 6.92 Å². The number of pyridine rings is 1. The van der Waals surface area contributed by atoms with Crippen molar-refractivity contribution in [2.75, 3.05) is 6.54 Å². The van der Waals surface area contributed by atoms with Crippen LogP contribution in [0.5, 0.6) is 0 Å². The number of aromatic nitrogens is 1. The minimum atomic E-state index is 0.209. The zero-order chi connectivity index (χ0) is 13.9. The van der Waals surface area contributed by atoms with Gasteiger partial charge < -0.3 is 5.32 Å². The Morgan fingerprint density at radius 2 is 2.10 bits per heavy atom. The number of thiophene rings is 1. The van der Waals surface area contributed by atoms with Crippen molar-refractivity contribution in [3.63, 3.8) is 0 Å². The molecule has 0 aliphatic rings. The highest BCUT2D eigenvalue weighted by atomic mass is 32.1. The molecule has 0 amide bonds. The number of aryl methyl sites for hydroxylation is 1. The second-order valence-corrected chi connectivity index (χ2v) is 5.87. The first-order valence-electron chi connectivity index (χ1n) is 6.91. The van der Waals surface area contributed by atoms with Gasteiger partial charge >= 0.3 is 0 Å². The largest absolute Gasteiger partial charge is 0.306 e. The number of nitrogens with zero attached hydrogens (tertiary/aromatic N) is 1. The van der Waals surface area contributed by atoms with Gasteiger partial charge in [-0.1, -0.05) is 31.2 Å². The van der Waals surface area contributed by atoms with E-state index in [4.69, 9.17) is 0 Å². The predicted octanol–water partition coefficient (Wildman–Crippen LogP) is 4.30. The first-order valence-corrected chi connectivity index (χ1v) is 7.79. The van der Waals surface area contributed by atoms with Crippen LogP contribution in [0.25, 0.3) is 10.2 Å². The molecule has 0 saturated carbocycles. The topological polar surface area (TPSA) is 24.9 Å². The summed E-state index contributed by atoms with van der Waals surface area (Å²) < 4.78 is 1.25. The molecule has 2 aromatic heterocycles. The van der Waals surface area contributed by atoms with E-state index in [-0.39, 0.29) is 6.04 Å². The van der Waals surface area contributed by atoms with E-state index < -0.39 is 0 Å². The van der Waals surface area contributed by atoms with Gasteiger partial charge in [0.15, 0.2) is 0 Å². The monoisotopic (exact) mass is 282 g/mol. The summed E-state index contributed by atoms with van der Waals surface area (Å²) in [7, 11) is 0. The maximum atomic E-state index is 4.57. The van der Waals surface area contributed by atoms with E-state index in [1.165, 1.54) is 21.4 Å². The van der Waals surface area contributed by atoms with Crippen molar-refractivity contribution in [1.29, 1.82) is 0 Å². The predicted molar refractivity (Wildman–Crippen MR) is 86.3 cm³/mol. The normalized spacial score (nSPS) is 12.7. The third kappa shape index (κ3) is 2.47. The summed E-state index contributed by atoms with van der Waals surface area (Å²) in [6.45, 7) is 5.24. The Hall–Kier alpha value is -1.71. The molecule has 1 unspecified atom stereocenters. The van der Waals surface area contributed by atoms with Gasteiger partial charge in [-0.2, -0.15) is 0 Å². The Morgan fingerprint density at radius 3 is 2.90 bits per heavy atom. The molecule has 102 valence electrons. The third-order valence-electron chi connectivity index (χ3n) is 3.56. The van der Waals surface area contributed by atoms with Crippen molar-refractivity contribution in [2.24, 2.45) is 0 Å². The Bertz CT molecular complexity index is 718. The highest BCUT2D eigenvalue weighted by Gasteiger charge is 2.15. The Balaban J connectivity index is 2.07. The van der Waals surface area contributed by atoms with E-state index in [1.807, 2.05) is 6.20 Å². The quantitative estimate of drug-likeness (QED) is 0.771. The lowest BCUT2D eigenvalue weighted by Crippen LogP contribution is -2.22. The van der Waals surface area contributed by atoms with Crippen LogP contribution in [-0.2, 0) is 0 Å². The van der Waals surface area contributed by atoms with Crippen LogP contribution in [0.2, 0.25) is 0 Å². The number of hydrogen-bond acceptors (Lipinski definition) is 3. The van der Waals surface area contributed by atoms with Crippen LogP contribution < -0.4 is 5.32 Å². The average Bonchev–Trinajstić information content (AvgIpc) is 2.93. The van der Waals surface area contributed by atoms with Crippen LogP contribution >= 0.6 is 11.3 Å². The lowest BCUT2D eigenvalue weighted by molar-refractivity contribution is 0.627. The molecule has 2 heterocycles. The van der Waals surface area contributed by atoms with Crippen LogP contribution in [0.1, 0.15) is 29.7 Å². The van der Waals surface area contributed by atoms with Crippen molar-refractivity contribution in [3.05, 3.63) is 64.7 Å². The van der Waals surface area contributed by atoms with Gasteiger partial charge in [0.05, 0.1) is 16.3 Å². The van der Waals surface area contributed by atoms with Crippen LogP contribution in [-0.4, -0.2) is 11.5 Å². The van der Waals surface area contributed by atoms with Gasteiger partial charge in [0.25, 0.3) is 0 Å². The van der Waals surface area contributed by atoms with Crippen LogP contribution in [0.3, 0.4) is 0 Å². The van der Waals surface area contributed by atoms with Crippen LogP contribution in [0.4, 0.5) is 0 Å². The molecule has 0 bridgehead atoms. The molecular weight excluding hydrogens is 264 g/mol. The molecule has 0 radical (unpaired) electrons. The first kappa shape index (κ1) is 13.3. The number of rotatable bonds is 4. The molecule has 3 rings (SSSR count). The van der Waals surface area contributed by atoms with Gasteiger partial charge in [-0.3, -0.25) is 4.98 Å². The lowest BCUT2D eigenvalue weighted by atomic mass is 9.96. The third-order valence-corrected chi connectivity index (χ3v) is 4.42. The summed E-state index contributed by atoms with van der Waals surface area (Å²) in [5.74, 6) is 0. The van der Waals surface area contributed by atoms with Gasteiger partial charge in [0.2, 0.25) is 0 Å². The molecular formula is C17H18N2S. The zero-order valence-electron chi connectivity index (χ0n) is 11.8. The second kappa shape index (κ2) is 5.73. The van der Waals surface area contributed by atoms with Crippen molar-refractivity contribution >= 4 is 21.6 Å². The van der Waals surface area contributed by atoms with E-state index >= 15 is 0 Å². The van der Waals surface area contributed by atoms with Gasteiger partial charge in [-0.05, 0) is 47.7 Å². The number of nitrogens with one attached hydrogen (secondary N) is 1. The first-order chi connectivity index (χ1) is 9.79. The van der Waals surface area contributed by atoms with E-state index in [1.54, 1.807) is 11.3 Å². The molecule has 0 fully saturated rings. The maximum Gasteiger partial charge on any atom is 0.0809 e. The molecule has 0 aliphatic heterocycles. The van der Waals surface area contributed by atoms with Crippen molar-refractivity contribution in [3.8, 4) is 0 Å². The van der Waals surface area contributed by atoms with Crippen molar-refractivity contribution in [1.82, 2.24) is 10.3 Å². The minimum Gasteiger partial charge on any atom is -0.306 e. The van der Waals surface area contributed by atoms with Gasteiger partial charge in [-0.15, -0.1) is 11.3 Å². The van der Waals surface area contributed by atoms with E-state index in [9.17, 15) is 0 Å². The molecule has 3 aromatic rings. The lowest BCUT2D eigenvalue weighted by Gasteiger charge is -2.20. The van der Waals surface area contributed by atoms with Crippen molar-refractivity contribution in [2.45, 2.75) is 19.9 Å². The summed E-state index contributed by atoms with van der Waals surface area (Å²) in [6, 6.07) is 13.1. The van der Waals surface area contributed by atoms with E-state index in [0.29, 0.717) is 0 Å². The highest BCUT2D eigenvalue weighted by molar-refractivity contribution is 7.17. The van der Waals surface area contributed by atoms with Gasteiger partial charge in [0.1, 0.15) is 0 Å². The van der Waals surface area contributed by atoms with Crippen molar-refractivity contribution < 1.29 is 0 Å². The molecule has 2 nitrogen and oxygen atoms in total. The number of fused-ring (bicyclic) bond motifs is 1. The minimum absolute atomic E-state index is 0.209. The zero-order valence-corrected chi connectivity index (χ0v) is 12.6. The maximum absolute atomic E-state index is 4.57. The summed E-state index contributed by atoms with van der Waals surface area (Å²) in [5, 5.41) is 5.67. The summed E-state index contributed by atoms with van der Waals surface area (Å²) >= 11 is 1.75. The summed E-state index contributed by atoms with van der Waals surface area (Å²) in [5.41, 5.74) is 4.95. The Labute approximate surface area is 123 Å². The molecule has 1 aromatic carbocycles. The molecule has 1 atom stereocenters. The number of hydrogen-bond donors (Lipinski definition) is 1. The average molecular weight is 282 g/mol. The van der Waals surface area contributed by atoms with Gasteiger partial charge in [0, 0.05) is 6.20 Å². The fraction of sp³-hybridized carbons (Fsp3) is 0.235. The smallest absolute Gasteiger partial charge is 0.0809 e. The standard InChI is InChI=1S/C17H18N2S/c1-3-18-17(14-7-5-4-6-12(14)2)13-10-16-15(19-11-13)8-9-20-16/h4-11,17-18H,3H2,1-2H3. The van der Waals surface area contributed by atoms with Gasteiger partial charge in [-0.25, -0.2) is 0 Å². The molecule has 0 aliphatic carbocycles. The molecule has 0 saturated heterocycles. The Morgan fingerprint density at radius 1 is 1.25 bits per heavy atom.